The molecule has 8 heteroatoms. The Morgan fingerprint density at radius 2 is 1.86 bits per heavy atom. The van der Waals surface area contributed by atoms with Crippen molar-refractivity contribution in [3.05, 3.63) is 29.8 Å². The lowest BCUT2D eigenvalue weighted by Gasteiger charge is -2.11. The Hall–Kier alpha value is -2.09. The van der Waals surface area contributed by atoms with Gasteiger partial charge in [0, 0.05) is 12.2 Å². The van der Waals surface area contributed by atoms with Gasteiger partial charge in [-0.05, 0) is 45.3 Å². The minimum absolute atomic E-state index is 0.0803. The number of nitrogens with one attached hydrogen (secondary N) is 2. The number of amides is 2. The summed E-state index contributed by atoms with van der Waals surface area (Å²) in [6, 6.07) is 4.11. The second kappa shape index (κ2) is 7.79. The van der Waals surface area contributed by atoms with Crippen LogP contribution in [0.5, 0.6) is 0 Å². The van der Waals surface area contributed by atoms with Gasteiger partial charge in [0.05, 0.1) is 5.56 Å². The van der Waals surface area contributed by atoms with Gasteiger partial charge in [-0.3, -0.25) is 9.59 Å². The molecular weight excluding hydrogens is 299 g/mol. The Bertz CT molecular complexity index is 530. The van der Waals surface area contributed by atoms with E-state index in [1.807, 2.05) is 19.0 Å². The van der Waals surface area contributed by atoms with Gasteiger partial charge in [-0.25, -0.2) is 0 Å². The number of carbonyl (C=O) groups excluding carboxylic acids is 2. The van der Waals surface area contributed by atoms with E-state index in [0.29, 0.717) is 13.0 Å². The molecule has 0 aromatic heterocycles. The zero-order valence-electron chi connectivity index (χ0n) is 12.3. The van der Waals surface area contributed by atoms with Crippen molar-refractivity contribution in [1.29, 1.82) is 0 Å². The lowest BCUT2D eigenvalue weighted by atomic mass is 10.2. The molecule has 1 rings (SSSR count). The summed E-state index contributed by atoms with van der Waals surface area (Å²) < 4.78 is 37.6. The Morgan fingerprint density at radius 1 is 1.18 bits per heavy atom. The molecular formula is C14H18F3N3O2. The Balaban J connectivity index is 2.52. The first-order chi connectivity index (χ1) is 10.2. The van der Waals surface area contributed by atoms with Gasteiger partial charge in [0.1, 0.15) is 0 Å². The van der Waals surface area contributed by atoms with E-state index in [9.17, 15) is 22.8 Å². The Morgan fingerprint density at radius 3 is 2.45 bits per heavy atom. The second-order valence-electron chi connectivity index (χ2n) is 4.95. The molecule has 0 bridgehead atoms. The number of hydrogen-bond acceptors (Lipinski definition) is 3. The summed E-state index contributed by atoms with van der Waals surface area (Å²) in [6.07, 6.45) is -3.84. The van der Waals surface area contributed by atoms with Crippen molar-refractivity contribution >= 4 is 17.5 Å². The third-order valence-corrected chi connectivity index (χ3v) is 2.72. The van der Waals surface area contributed by atoms with E-state index in [4.69, 9.17) is 0 Å². The average Bonchev–Trinajstić information content (AvgIpc) is 2.42. The number of halogens is 3. The van der Waals surface area contributed by atoms with Crippen LogP contribution < -0.4 is 10.6 Å². The van der Waals surface area contributed by atoms with Crippen LogP contribution in [-0.4, -0.2) is 43.9 Å². The molecule has 0 spiro atoms. The van der Waals surface area contributed by atoms with Crippen LogP contribution in [0.15, 0.2) is 24.3 Å². The highest BCUT2D eigenvalue weighted by atomic mass is 19.4. The van der Waals surface area contributed by atoms with Crippen molar-refractivity contribution in [1.82, 2.24) is 10.2 Å². The fourth-order valence-corrected chi connectivity index (χ4v) is 1.64. The van der Waals surface area contributed by atoms with E-state index in [0.717, 1.165) is 24.7 Å². The van der Waals surface area contributed by atoms with Gasteiger partial charge in [0.2, 0.25) is 0 Å². The summed E-state index contributed by atoms with van der Waals surface area (Å²) in [5, 5.41) is 4.55. The highest BCUT2D eigenvalue weighted by molar-refractivity contribution is 6.39. The van der Waals surface area contributed by atoms with Crippen LogP contribution in [0.25, 0.3) is 0 Å². The summed E-state index contributed by atoms with van der Waals surface area (Å²) in [5.74, 6) is -1.87. The van der Waals surface area contributed by atoms with E-state index in [-0.39, 0.29) is 5.69 Å². The highest BCUT2D eigenvalue weighted by Crippen LogP contribution is 2.30. The minimum Gasteiger partial charge on any atom is -0.348 e. The van der Waals surface area contributed by atoms with Crippen LogP contribution >= 0.6 is 0 Å². The van der Waals surface area contributed by atoms with Crippen LogP contribution in [-0.2, 0) is 15.8 Å². The largest absolute Gasteiger partial charge is 0.416 e. The fraction of sp³-hybridized carbons (Fsp3) is 0.429. The maximum Gasteiger partial charge on any atom is 0.416 e. The van der Waals surface area contributed by atoms with E-state index in [2.05, 4.69) is 10.6 Å². The molecule has 0 saturated heterocycles. The molecule has 0 radical (unpaired) electrons. The van der Waals surface area contributed by atoms with Gasteiger partial charge in [-0.15, -0.1) is 0 Å². The standard InChI is InChI=1S/C14H18F3N3O2/c1-20(2)8-4-7-18-12(21)13(22)19-11-6-3-5-10(9-11)14(15,16)17/h3,5-6,9H,4,7-8H2,1-2H3,(H,18,21)(H,19,22). The molecule has 2 N–H and O–H groups in total. The van der Waals surface area contributed by atoms with E-state index < -0.39 is 23.6 Å². The quantitative estimate of drug-likeness (QED) is 0.642. The minimum atomic E-state index is -4.50. The van der Waals surface area contributed by atoms with Crippen molar-refractivity contribution in [3.8, 4) is 0 Å². The molecule has 0 aliphatic rings. The van der Waals surface area contributed by atoms with Crippen LogP contribution in [0.3, 0.4) is 0 Å². The smallest absolute Gasteiger partial charge is 0.348 e. The van der Waals surface area contributed by atoms with Crippen molar-refractivity contribution in [2.75, 3.05) is 32.5 Å². The van der Waals surface area contributed by atoms with Gasteiger partial charge >= 0.3 is 18.0 Å². The van der Waals surface area contributed by atoms with Crippen molar-refractivity contribution in [2.45, 2.75) is 12.6 Å². The molecule has 0 aliphatic heterocycles. The summed E-state index contributed by atoms with van der Waals surface area (Å²) in [6.45, 7) is 1.06. The summed E-state index contributed by atoms with van der Waals surface area (Å²) in [5.41, 5.74) is -0.972. The maximum absolute atomic E-state index is 12.5. The van der Waals surface area contributed by atoms with Crippen molar-refractivity contribution in [2.24, 2.45) is 0 Å². The molecule has 1 aromatic rings. The molecule has 0 fully saturated rings. The SMILES string of the molecule is CN(C)CCCNC(=O)C(=O)Nc1cccc(C(F)(F)F)c1. The predicted molar refractivity (Wildman–Crippen MR) is 76.3 cm³/mol. The summed E-state index contributed by atoms with van der Waals surface area (Å²) >= 11 is 0. The number of anilines is 1. The number of rotatable bonds is 5. The van der Waals surface area contributed by atoms with E-state index in [1.54, 1.807) is 0 Å². The Labute approximate surface area is 126 Å². The molecule has 22 heavy (non-hydrogen) atoms. The van der Waals surface area contributed by atoms with Gasteiger partial charge < -0.3 is 15.5 Å². The number of carbonyl (C=O) groups is 2. The first kappa shape index (κ1) is 18.0. The lowest BCUT2D eigenvalue weighted by molar-refractivity contribution is -0.137. The normalized spacial score (nSPS) is 11.4. The van der Waals surface area contributed by atoms with Gasteiger partial charge in [-0.2, -0.15) is 13.2 Å². The molecule has 122 valence electrons. The maximum atomic E-state index is 12.5. The predicted octanol–water partition coefficient (Wildman–Crippen LogP) is 1.71. The van der Waals surface area contributed by atoms with Crippen molar-refractivity contribution < 1.29 is 22.8 Å². The second-order valence-corrected chi connectivity index (χ2v) is 4.95. The fourth-order valence-electron chi connectivity index (χ4n) is 1.64. The van der Waals surface area contributed by atoms with Crippen LogP contribution in [0.4, 0.5) is 18.9 Å². The molecule has 0 unspecified atom stereocenters. The summed E-state index contributed by atoms with van der Waals surface area (Å²) in [4.78, 5) is 25.0. The zero-order valence-corrected chi connectivity index (χ0v) is 12.3. The third-order valence-electron chi connectivity index (χ3n) is 2.72. The van der Waals surface area contributed by atoms with Gasteiger partial charge in [-0.1, -0.05) is 6.07 Å². The topological polar surface area (TPSA) is 61.4 Å². The number of hydrogen-bond donors (Lipinski definition) is 2. The molecule has 0 heterocycles. The highest BCUT2D eigenvalue weighted by Gasteiger charge is 2.30. The third kappa shape index (κ3) is 6.13. The van der Waals surface area contributed by atoms with Crippen LogP contribution in [0.2, 0.25) is 0 Å². The molecule has 5 nitrogen and oxygen atoms in total. The van der Waals surface area contributed by atoms with Gasteiger partial charge in [0.25, 0.3) is 0 Å². The molecule has 1 aromatic carbocycles. The van der Waals surface area contributed by atoms with Gasteiger partial charge in [0.15, 0.2) is 0 Å². The van der Waals surface area contributed by atoms with E-state index in [1.165, 1.54) is 6.07 Å². The number of alkyl halides is 3. The molecule has 0 atom stereocenters. The average molecular weight is 317 g/mol. The zero-order chi connectivity index (χ0) is 16.8. The van der Waals surface area contributed by atoms with Crippen LogP contribution in [0.1, 0.15) is 12.0 Å². The molecule has 0 aliphatic carbocycles. The van der Waals surface area contributed by atoms with E-state index >= 15 is 0 Å². The number of nitrogens with zero attached hydrogens (tertiary/aromatic N) is 1. The van der Waals surface area contributed by atoms with Crippen molar-refractivity contribution in [3.63, 3.8) is 0 Å². The molecule has 0 saturated carbocycles. The van der Waals surface area contributed by atoms with Crippen LogP contribution in [0, 0.1) is 0 Å². The summed E-state index contributed by atoms with van der Waals surface area (Å²) in [7, 11) is 3.75. The first-order valence-electron chi connectivity index (χ1n) is 6.61. The Kier molecular flexibility index (Phi) is 6.36. The lowest BCUT2D eigenvalue weighted by Crippen LogP contribution is -2.36. The first-order valence-corrected chi connectivity index (χ1v) is 6.61. The number of benzene rings is 1. The monoisotopic (exact) mass is 317 g/mol. The molecule has 2 amide bonds.